The standard InChI is InChI=1S/C71H138O17P2/c1-7-10-12-39-47-53-68(73)81-59-66(87-70(75)55-49-40-13-11-8-2)61-85-89(77,78)83-57-65(72)58-84-90(79,80)86-62-67(60-82-69(74)54-48-43-37-33-29-25-22-18-19-23-27-31-35-41-45-51-63(4)5)88-71(76)56-50-44-38-34-30-26-21-17-15-14-16-20-24-28-32-36-42-46-52-64(6)9-3/h63-67,72H,7-62H2,1-6H3,(H,77,78)(H,79,80)/t64?,65-,66+,67+/m0/s1. The maximum atomic E-state index is 13.0. The average molecular weight is 1330 g/mol. The second-order valence-corrected chi connectivity index (χ2v) is 29.3. The third-order valence-corrected chi connectivity index (χ3v) is 18.7. The van der Waals surface area contributed by atoms with Gasteiger partial charge >= 0.3 is 39.5 Å². The van der Waals surface area contributed by atoms with Gasteiger partial charge in [-0.15, -0.1) is 0 Å². The van der Waals surface area contributed by atoms with E-state index in [2.05, 4.69) is 41.5 Å². The van der Waals surface area contributed by atoms with Crippen LogP contribution in [0.4, 0.5) is 0 Å². The van der Waals surface area contributed by atoms with E-state index in [-0.39, 0.29) is 25.7 Å². The molecule has 0 radical (unpaired) electrons. The Morgan fingerprint density at radius 1 is 0.322 bits per heavy atom. The van der Waals surface area contributed by atoms with Gasteiger partial charge in [0.15, 0.2) is 12.2 Å². The van der Waals surface area contributed by atoms with Gasteiger partial charge in [0, 0.05) is 25.7 Å². The summed E-state index contributed by atoms with van der Waals surface area (Å²) in [6, 6.07) is 0. The van der Waals surface area contributed by atoms with Gasteiger partial charge in [-0.2, -0.15) is 0 Å². The Hall–Kier alpha value is -1.94. The number of unbranched alkanes of at least 4 members (excludes halogenated alkanes) is 39. The van der Waals surface area contributed by atoms with Crippen LogP contribution in [0, 0.1) is 11.8 Å². The van der Waals surface area contributed by atoms with Crippen LogP contribution >= 0.6 is 15.6 Å². The monoisotopic (exact) mass is 1320 g/mol. The lowest BCUT2D eigenvalue weighted by molar-refractivity contribution is -0.161. The van der Waals surface area contributed by atoms with Crippen LogP contribution < -0.4 is 0 Å². The lowest BCUT2D eigenvalue weighted by Gasteiger charge is -2.21. The van der Waals surface area contributed by atoms with Gasteiger partial charge < -0.3 is 33.8 Å². The number of carbonyl (C=O) groups excluding carboxylic acids is 4. The van der Waals surface area contributed by atoms with Crippen LogP contribution in [-0.2, 0) is 65.4 Å². The molecule has 0 amide bonds. The first-order valence-electron chi connectivity index (χ1n) is 37.0. The number of ether oxygens (including phenoxy) is 4. The second-order valence-electron chi connectivity index (χ2n) is 26.3. The number of aliphatic hydroxyl groups excluding tert-OH is 1. The van der Waals surface area contributed by atoms with E-state index in [1.807, 2.05) is 0 Å². The number of carbonyl (C=O) groups is 4. The van der Waals surface area contributed by atoms with Crippen LogP contribution in [0.2, 0.25) is 0 Å². The molecule has 17 nitrogen and oxygen atoms in total. The molecule has 0 saturated carbocycles. The SMILES string of the molecule is CCCCCCCC(=O)OC[C@H](COP(=O)(O)OC[C@H](O)COP(=O)(O)OC[C@@H](COC(=O)CCCCCCCCCCCCCCCCCC(C)C)OC(=O)CCCCCCCCCCCCCCCCCCCCC(C)CC)OC(=O)CCCCCCC. The van der Waals surface area contributed by atoms with Crippen molar-refractivity contribution in [3.8, 4) is 0 Å². The number of hydrogen-bond acceptors (Lipinski definition) is 15. The molecule has 0 heterocycles. The summed E-state index contributed by atoms with van der Waals surface area (Å²) in [5.74, 6) is -0.470. The maximum Gasteiger partial charge on any atom is 0.472 e. The number of hydrogen-bond donors (Lipinski definition) is 3. The molecule has 534 valence electrons. The van der Waals surface area contributed by atoms with Crippen molar-refractivity contribution in [2.75, 3.05) is 39.6 Å². The Labute approximate surface area is 549 Å². The van der Waals surface area contributed by atoms with Crippen molar-refractivity contribution < 1.29 is 80.2 Å². The highest BCUT2D eigenvalue weighted by Gasteiger charge is 2.30. The van der Waals surface area contributed by atoms with E-state index in [4.69, 9.17) is 37.0 Å². The highest BCUT2D eigenvalue weighted by Crippen LogP contribution is 2.45. The first-order valence-corrected chi connectivity index (χ1v) is 40.0. The number of aliphatic hydroxyl groups is 1. The lowest BCUT2D eigenvalue weighted by Crippen LogP contribution is -2.30. The van der Waals surface area contributed by atoms with Gasteiger partial charge in [0.1, 0.15) is 19.3 Å². The fourth-order valence-electron chi connectivity index (χ4n) is 10.7. The predicted molar refractivity (Wildman–Crippen MR) is 363 cm³/mol. The highest BCUT2D eigenvalue weighted by atomic mass is 31.2. The normalized spacial score (nSPS) is 14.4. The Balaban J connectivity index is 5.03. The molecular formula is C71H138O17P2. The summed E-state index contributed by atoms with van der Waals surface area (Å²) in [5, 5.41) is 10.5. The van der Waals surface area contributed by atoms with E-state index in [0.717, 1.165) is 108 Å². The number of phosphoric acid groups is 2. The molecular weight excluding hydrogens is 1190 g/mol. The van der Waals surface area contributed by atoms with Gasteiger partial charge in [-0.25, -0.2) is 9.13 Å². The number of rotatable bonds is 70. The van der Waals surface area contributed by atoms with Crippen molar-refractivity contribution in [3.63, 3.8) is 0 Å². The maximum absolute atomic E-state index is 13.0. The fraction of sp³-hybridized carbons (Fsp3) is 0.944. The van der Waals surface area contributed by atoms with Gasteiger partial charge in [0.25, 0.3) is 0 Å². The number of phosphoric ester groups is 2. The molecule has 0 aromatic rings. The van der Waals surface area contributed by atoms with Crippen LogP contribution in [0.5, 0.6) is 0 Å². The smallest absolute Gasteiger partial charge is 0.462 e. The van der Waals surface area contributed by atoms with Crippen LogP contribution in [-0.4, -0.2) is 96.7 Å². The van der Waals surface area contributed by atoms with Crippen molar-refractivity contribution in [1.29, 1.82) is 0 Å². The van der Waals surface area contributed by atoms with Crippen molar-refractivity contribution in [2.45, 2.75) is 381 Å². The Bertz CT molecular complexity index is 1750. The van der Waals surface area contributed by atoms with Crippen LogP contribution in [0.25, 0.3) is 0 Å². The van der Waals surface area contributed by atoms with Gasteiger partial charge in [-0.3, -0.25) is 37.3 Å². The Morgan fingerprint density at radius 3 is 0.844 bits per heavy atom. The molecule has 0 bridgehead atoms. The quantitative estimate of drug-likeness (QED) is 0.0222. The molecule has 0 fully saturated rings. The summed E-state index contributed by atoms with van der Waals surface area (Å²) in [6.45, 7) is 9.46. The minimum atomic E-state index is -4.95. The van der Waals surface area contributed by atoms with Gasteiger partial charge in [-0.1, -0.05) is 311 Å². The van der Waals surface area contributed by atoms with Crippen molar-refractivity contribution in [3.05, 3.63) is 0 Å². The van der Waals surface area contributed by atoms with Crippen molar-refractivity contribution >= 4 is 39.5 Å². The molecule has 0 aliphatic heterocycles. The summed E-state index contributed by atoms with van der Waals surface area (Å²) >= 11 is 0. The van der Waals surface area contributed by atoms with Crippen LogP contribution in [0.15, 0.2) is 0 Å². The molecule has 6 atom stereocenters. The third kappa shape index (κ3) is 63.5. The highest BCUT2D eigenvalue weighted by molar-refractivity contribution is 7.47. The summed E-state index contributed by atoms with van der Waals surface area (Å²) in [6.07, 6.45) is 49.6. The summed E-state index contributed by atoms with van der Waals surface area (Å²) in [4.78, 5) is 71.9. The van der Waals surface area contributed by atoms with E-state index in [9.17, 15) is 43.2 Å². The lowest BCUT2D eigenvalue weighted by atomic mass is 9.99. The van der Waals surface area contributed by atoms with Gasteiger partial charge in [0.2, 0.25) is 0 Å². The Morgan fingerprint density at radius 2 is 0.567 bits per heavy atom. The van der Waals surface area contributed by atoms with Gasteiger partial charge in [-0.05, 0) is 37.5 Å². The zero-order valence-electron chi connectivity index (χ0n) is 58.4. The predicted octanol–water partition coefficient (Wildman–Crippen LogP) is 20.4. The molecule has 0 rings (SSSR count). The number of esters is 4. The van der Waals surface area contributed by atoms with E-state index >= 15 is 0 Å². The summed E-state index contributed by atoms with van der Waals surface area (Å²) < 4.78 is 67.8. The Kier molecular flexibility index (Phi) is 61.8. The first-order chi connectivity index (χ1) is 43.4. The average Bonchev–Trinajstić information content (AvgIpc) is 3.72. The van der Waals surface area contributed by atoms with Crippen LogP contribution in [0.3, 0.4) is 0 Å². The van der Waals surface area contributed by atoms with Crippen LogP contribution in [0.1, 0.15) is 363 Å². The zero-order chi connectivity index (χ0) is 66.5. The van der Waals surface area contributed by atoms with E-state index in [1.165, 1.54) is 173 Å². The molecule has 0 aromatic heterocycles. The molecule has 3 N–H and O–H groups in total. The van der Waals surface area contributed by atoms with E-state index in [0.29, 0.717) is 25.7 Å². The molecule has 0 saturated heterocycles. The topological polar surface area (TPSA) is 237 Å². The van der Waals surface area contributed by atoms with E-state index in [1.54, 1.807) is 0 Å². The summed E-state index contributed by atoms with van der Waals surface area (Å²) in [5.41, 5.74) is 0. The second kappa shape index (κ2) is 63.1. The van der Waals surface area contributed by atoms with E-state index < -0.39 is 97.5 Å². The third-order valence-electron chi connectivity index (χ3n) is 16.8. The molecule has 0 aliphatic rings. The fourth-order valence-corrected chi connectivity index (χ4v) is 12.3. The largest absolute Gasteiger partial charge is 0.472 e. The minimum absolute atomic E-state index is 0.0989. The molecule has 0 spiro atoms. The molecule has 90 heavy (non-hydrogen) atoms. The zero-order valence-corrected chi connectivity index (χ0v) is 60.2. The molecule has 19 heteroatoms. The minimum Gasteiger partial charge on any atom is -0.462 e. The molecule has 0 aromatic carbocycles. The molecule has 3 unspecified atom stereocenters. The summed E-state index contributed by atoms with van der Waals surface area (Å²) in [7, 11) is -9.88. The first kappa shape index (κ1) is 88.1. The van der Waals surface area contributed by atoms with Gasteiger partial charge in [0.05, 0.1) is 26.4 Å². The van der Waals surface area contributed by atoms with Crippen molar-refractivity contribution in [2.24, 2.45) is 11.8 Å². The molecule has 0 aliphatic carbocycles. The van der Waals surface area contributed by atoms with Crippen molar-refractivity contribution in [1.82, 2.24) is 0 Å².